The second-order valence-corrected chi connectivity index (χ2v) is 6.41. The van der Waals surface area contributed by atoms with E-state index in [1.807, 2.05) is 12.3 Å². The van der Waals surface area contributed by atoms with E-state index in [9.17, 15) is 0 Å². The summed E-state index contributed by atoms with van der Waals surface area (Å²) in [5, 5.41) is 0.562. The van der Waals surface area contributed by atoms with Gasteiger partial charge in [-0.25, -0.2) is 4.98 Å². The van der Waals surface area contributed by atoms with Gasteiger partial charge in [-0.15, -0.1) is 0 Å². The van der Waals surface area contributed by atoms with Gasteiger partial charge >= 0.3 is 0 Å². The molecule has 4 heteroatoms. The third-order valence-corrected chi connectivity index (χ3v) is 4.41. The maximum atomic E-state index is 5.83. The molecule has 0 spiro atoms. The summed E-state index contributed by atoms with van der Waals surface area (Å²) in [6, 6.07) is 12.8. The standard InChI is InChI=1S/C18H22ClN3/c1-15-2-4-16(5-3-15)13-21-8-10-22(11-9-21)14-17-6-7-18(19)20-12-17/h2-7,12H,8-11,13-14H2,1H3. The summed E-state index contributed by atoms with van der Waals surface area (Å²) in [6.07, 6.45) is 1.88. The molecule has 1 aromatic heterocycles. The molecule has 1 aliphatic rings. The van der Waals surface area contributed by atoms with Gasteiger partial charge in [-0.3, -0.25) is 9.80 Å². The Hall–Kier alpha value is -1.42. The van der Waals surface area contributed by atoms with E-state index in [0.717, 1.165) is 39.3 Å². The number of halogens is 1. The zero-order valence-electron chi connectivity index (χ0n) is 13.0. The average molecular weight is 316 g/mol. The first kappa shape index (κ1) is 15.5. The lowest BCUT2D eigenvalue weighted by molar-refractivity contribution is 0.122. The van der Waals surface area contributed by atoms with Crippen LogP contribution in [0.3, 0.4) is 0 Å². The molecule has 1 aliphatic heterocycles. The molecule has 0 saturated carbocycles. The highest BCUT2D eigenvalue weighted by molar-refractivity contribution is 6.29. The second kappa shape index (κ2) is 7.23. The Balaban J connectivity index is 1.47. The first-order chi connectivity index (χ1) is 10.7. The van der Waals surface area contributed by atoms with Gasteiger partial charge in [-0.2, -0.15) is 0 Å². The Morgan fingerprint density at radius 2 is 1.41 bits per heavy atom. The number of benzene rings is 1. The molecule has 0 aliphatic carbocycles. The molecule has 2 heterocycles. The van der Waals surface area contributed by atoms with Gasteiger partial charge in [0, 0.05) is 45.5 Å². The van der Waals surface area contributed by atoms with Crippen LogP contribution in [-0.2, 0) is 13.1 Å². The van der Waals surface area contributed by atoms with Crippen LogP contribution in [0.5, 0.6) is 0 Å². The van der Waals surface area contributed by atoms with Crippen molar-refractivity contribution in [2.24, 2.45) is 0 Å². The number of aryl methyl sites for hydroxylation is 1. The molecule has 2 aromatic rings. The molecule has 0 radical (unpaired) electrons. The summed E-state index contributed by atoms with van der Waals surface area (Å²) < 4.78 is 0. The Bertz CT molecular complexity index is 531. The minimum atomic E-state index is 0.562. The molecule has 3 nitrogen and oxygen atoms in total. The number of aromatic nitrogens is 1. The van der Waals surface area contributed by atoms with Crippen LogP contribution in [0.4, 0.5) is 0 Å². The lowest BCUT2D eigenvalue weighted by Gasteiger charge is -2.34. The molecular formula is C18H22ClN3. The average Bonchev–Trinajstić information content (AvgIpc) is 2.54. The third kappa shape index (κ3) is 4.29. The zero-order chi connectivity index (χ0) is 15.4. The van der Waals surface area contributed by atoms with Gasteiger partial charge in [0.25, 0.3) is 0 Å². The van der Waals surface area contributed by atoms with Crippen molar-refractivity contribution >= 4 is 11.6 Å². The highest BCUT2D eigenvalue weighted by Gasteiger charge is 2.17. The van der Waals surface area contributed by atoms with Crippen molar-refractivity contribution in [3.8, 4) is 0 Å². The van der Waals surface area contributed by atoms with Crippen molar-refractivity contribution in [1.29, 1.82) is 0 Å². The highest BCUT2D eigenvalue weighted by atomic mass is 35.5. The van der Waals surface area contributed by atoms with Crippen LogP contribution in [0.2, 0.25) is 5.15 Å². The van der Waals surface area contributed by atoms with E-state index in [2.05, 4.69) is 52.0 Å². The molecule has 0 unspecified atom stereocenters. The van der Waals surface area contributed by atoms with Crippen LogP contribution in [-0.4, -0.2) is 41.0 Å². The third-order valence-electron chi connectivity index (χ3n) is 4.19. The van der Waals surface area contributed by atoms with Crippen molar-refractivity contribution in [3.63, 3.8) is 0 Å². The van der Waals surface area contributed by atoms with Gasteiger partial charge < -0.3 is 0 Å². The van der Waals surface area contributed by atoms with E-state index in [-0.39, 0.29) is 0 Å². The van der Waals surface area contributed by atoms with Crippen LogP contribution in [0.1, 0.15) is 16.7 Å². The minimum absolute atomic E-state index is 0.562. The Morgan fingerprint density at radius 1 is 0.864 bits per heavy atom. The fourth-order valence-corrected chi connectivity index (χ4v) is 2.93. The van der Waals surface area contributed by atoms with E-state index in [1.54, 1.807) is 0 Å². The fourth-order valence-electron chi connectivity index (χ4n) is 2.82. The monoisotopic (exact) mass is 315 g/mol. The van der Waals surface area contributed by atoms with Gasteiger partial charge in [-0.05, 0) is 24.1 Å². The first-order valence-corrected chi connectivity index (χ1v) is 8.17. The SMILES string of the molecule is Cc1ccc(CN2CCN(Cc3ccc(Cl)nc3)CC2)cc1. The number of hydrogen-bond acceptors (Lipinski definition) is 3. The highest BCUT2D eigenvalue weighted by Crippen LogP contribution is 2.13. The van der Waals surface area contributed by atoms with Crippen LogP contribution >= 0.6 is 11.6 Å². The topological polar surface area (TPSA) is 19.4 Å². The van der Waals surface area contributed by atoms with Crippen LogP contribution in [0.25, 0.3) is 0 Å². The van der Waals surface area contributed by atoms with Crippen LogP contribution < -0.4 is 0 Å². The number of hydrogen-bond donors (Lipinski definition) is 0. The fraction of sp³-hybridized carbons (Fsp3) is 0.389. The molecule has 1 saturated heterocycles. The normalized spacial score (nSPS) is 16.8. The van der Waals surface area contributed by atoms with Gasteiger partial charge in [0.15, 0.2) is 0 Å². The summed E-state index contributed by atoms with van der Waals surface area (Å²) in [5.74, 6) is 0. The van der Waals surface area contributed by atoms with E-state index >= 15 is 0 Å². The molecule has 0 N–H and O–H groups in total. The molecule has 0 atom stereocenters. The van der Waals surface area contributed by atoms with Crippen molar-refractivity contribution in [1.82, 2.24) is 14.8 Å². The van der Waals surface area contributed by atoms with Crippen molar-refractivity contribution < 1.29 is 0 Å². The predicted molar refractivity (Wildman–Crippen MR) is 91.0 cm³/mol. The van der Waals surface area contributed by atoms with E-state index in [4.69, 9.17) is 11.6 Å². The van der Waals surface area contributed by atoms with Gasteiger partial charge in [0.05, 0.1) is 0 Å². The smallest absolute Gasteiger partial charge is 0.129 e. The summed E-state index contributed by atoms with van der Waals surface area (Å²) in [7, 11) is 0. The number of piperazine rings is 1. The van der Waals surface area contributed by atoms with Gasteiger partial charge in [0.2, 0.25) is 0 Å². The molecule has 3 rings (SSSR count). The molecule has 0 amide bonds. The molecule has 22 heavy (non-hydrogen) atoms. The quantitative estimate of drug-likeness (QED) is 0.807. The van der Waals surface area contributed by atoms with Crippen molar-refractivity contribution in [3.05, 3.63) is 64.4 Å². The number of pyridine rings is 1. The maximum Gasteiger partial charge on any atom is 0.129 e. The minimum Gasteiger partial charge on any atom is -0.297 e. The molecule has 0 bridgehead atoms. The number of nitrogens with zero attached hydrogens (tertiary/aromatic N) is 3. The summed E-state index contributed by atoms with van der Waals surface area (Å²) in [4.78, 5) is 9.16. The lowest BCUT2D eigenvalue weighted by atomic mass is 10.1. The van der Waals surface area contributed by atoms with Gasteiger partial charge in [0.1, 0.15) is 5.15 Å². The largest absolute Gasteiger partial charge is 0.297 e. The lowest BCUT2D eigenvalue weighted by Crippen LogP contribution is -2.45. The van der Waals surface area contributed by atoms with E-state index in [0.29, 0.717) is 5.15 Å². The van der Waals surface area contributed by atoms with Crippen LogP contribution in [0.15, 0.2) is 42.6 Å². The Morgan fingerprint density at radius 3 is 1.95 bits per heavy atom. The maximum absolute atomic E-state index is 5.83. The second-order valence-electron chi connectivity index (χ2n) is 6.03. The summed E-state index contributed by atoms with van der Waals surface area (Å²) >= 11 is 5.83. The van der Waals surface area contributed by atoms with E-state index < -0.39 is 0 Å². The molecule has 1 aromatic carbocycles. The number of rotatable bonds is 4. The van der Waals surface area contributed by atoms with Crippen LogP contribution in [0, 0.1) is 6.92 Å². The Kier molecular flexibility index (Phi) is 5.08. The zero-order valence-corrected chi connectivity index (χ0v) is 13.8. The predicted octanol–water partition coefficient (Wildman–Crippen LogP) is 3.36. The Labute approximate surface area is 137 Å². The summed E-state index contributed by atoms with van der Waals surface area (Å²) in [6.45, 7) is 8.60. The van der Waals surface area contributed by atoms with Gasteiger partial charge in [-0.1, -0.05) is 47.5 Å². The van der Waals surface area contributed by atoms with Crippen molar-refractivity contribution in [2.45, 2.75) is 20.0 Å². The van der Waals surface area contributed by atoms with Crippen molar-refractivity contribution in [2.75, 3.05) is 26.2 Å². The first-order valence-electron chi connectivity index (χ1n) is 7.80. The summed E-state index contributed by atoms with van der Waals surface area (Å²) in [5.41, 5.74) is 3.96. The molecule has 1 fully saturated rings. The molecular weight excluding hydrogens is 294 g/mol. The van der Waals surface area contributed by atoms with E-state index in [1.165, 1.54) is 16.7 Å². The molecule has 116 valence electrons.